The highest BCUT2D eigenvalue weighted by Gasteiger charge is 2.16. The average molecular weight is 254 g/mol. The molecule has 3 nitrogen and oxygen atoms in total. The molecule has 2 heterocycles. The van der Waals surface area contributed by atoms with Crippen LogP contribution in [-0.4, -0.2) is 31.8 Å². The van der Waals surface area contributed by atoms with E-state index in [1.54, 1.807) is 0 Å². The second kappa shape index (κ2) is 7.09. The molecule has 1 fully saturated rings. The molecular weight excluding hydrogens is 232 g/mol. The van der Waals surface area contributed by atoms with Crippen LogP contribution in [-0.2, 0) is 17.6 Å². The maximum atomic E-state index is 5.51. The van der Waals surface area contributed by atoms with Crippen LogP contribution in [0.2, 0.25) is 0 Å². The summed E-state index contributed by atoms with van der Waals surface area (Å²) < 4.78 is 5.51. The Kier molecular flexibility index (Phi) is 5.42. The lowest BCUT2D eigenvalue weighted by Gasteiger charge is -2.20. The zero-order chi connectivity index (χ0) is 11.9. The molecule has 1 saturated heterocycles. The first kappa shape index (κ1) is 13.0. The van der Waals surface area contributed by atoms with Gasteiger partial charge < -0.3 is 10.1 Å². The Bertz CT molecular complexity index is 321. The molecule has 0 aromatic carbocycles. The van der Waals surface area contributed by atoms with Crippen molar-refractivity contribution in [2.75, 3.05) is 26.8 Å². The van der Waals surface area contributed by atoms with E-state index in [-0.39, 0.29) is 0 Å². The van der Waals surface area contributed by atoms with Crippen molar-refractivity contribution in [1.82, 2.24) is 10.3 Å². The summed E-state index contributed by atoms with van der Waals surface area (Å²) in [5.74, 6) is 0.694. The molecule has 0 bridgehead atoms. The van der Waals surface area contributed by atoms with Crippen molar-refractivity contribution in [1.29, 1.82) is 0 Å². The Labute approximate surface area is 108 Å². The van der Waals surface area contributed by atoms with Gasteiger partial charge in [-0.15, -0.1) is 11.3 Å². The van der Waals surface area contributed by atoms with Crippen molar-refractivity contribution in [3.63, 3.8) is 0 Å². The fourth-order valence-corrected chi connectivity index (χ4v) is 3.29. The minimum absolute atomic E-state index is 0.694. The SMILES string of the molecule is CNCCCc1cnc(CC2CCCOC2)s1. The van der Waals surface area contributed by atoms with E-state index < -0.39 is 0 Å². The highest BCUT2D eigenvalue weighted by atomic mass is 32.1. The van der Waals surface area contributed by atoms with E-state index in [1.165, 1.54) is 29.1 Å². The molecule has 2 rings (SSSR count). The van der Waals surface area contributed by atoms with E-state index in [0.717, 1.165) is 32.6 Å². The van der Waals surface area contributed by atoms with Crippen molar-refractivity contribution < 1.29 is 4.74 Å². The minimum Gasteiger partial charge on any atom is -0.381 e. The van der Waals surface area contributed by atoms with Gasteiger partial charge in [-0.05, 0) is 45.2 Å². The van der Waals surface area contributed by atoms with Gasteiger partial charge in [0.25, 0.3) is 0 Å². The molecule has 1 unspecified atom stereocenters. The fourth-order valence-electron chi connectivity index (χ4n) is 2.21. The molecule has 1 N–H and O–H groups in total. The van der Waals surface area contributed by atoms with E-state index in [0.29, 0.717) is 5.92 Å². The van der Waals surface area contributed by atoms with Crippen molar-refractivity contribution in [2.45, 2.75) is 32.1 Å². The van der Waals surface area contributed by atoms with E-state index in [2.05, 4.69) is 16.5 Å². The van der Waals surface area contributed by atoms with Gasteiger partial charge in [0.1, 0.15) is 0 Å². The highest BCUT2D eigenvalue weighted by molar-refractivity contribution is 7.11. The summed E-state index contributed by atoms with van der Waals surface area (Å²) in [5.41, 5.74) is 0. The Hall–Kier alpha value is -0.450. The molecule has 1 aliphatic heterocycles. The third-order valence-electron chi connectivity index (χ3n) is 3.17. The maximum absolute atomic E-state index is 5.51. The minimum atomic E-state index is 0.694. The zero-order valence-electron chi connectivity index (χ0n) is 10.6. The molecule has 17 heavy (non-hydrogen) atoms. The Morgan fingerprint density at radius 3 is 3.29 bits per heavy atom. The van der Waals surface area contributed by atoms with Crippen LogP contribution >= 0.6 is 11.3 Å². The number of aromatic nitrogens is 1. The fraction of sp³-hybridized carbons (Fsp3) is 0.769. The van der Waals surface area contributed by atoms with Gasteiger partial charge in [0.05, 0.1) is 5.01 Å². The number of hydrogen-bond acceptors (Lipinski definition) is 4. The zero-order valence-corrected chi connectivity index (χ0v) is 11.4. The number of ether oxygens (including phenoxy) is 1. The Balaban J connectivity index is 1.76. The van der Waals surface area contributed by atoms with E-state index >= 15 is 0 Å². The van der Waals surface area contributed by atoms with Crippen LogP contribution in [0.25, 0.3) is 0 Å². The predicted molar refractivity (Wildman–Crippen MR) is 71.6 cm³/mol. The summed E-state index contributed by atoms with van der Waals surface area (Å²) in [4.78, 5) is 5.95. The largest absolute Gasteiger partial charge is 0.381 e. The van der Waals surface area contributed by atoms with Crippen LogP contribution in [0, 0.1) is 5.92 Å². The monoisotopic (exact) mass is 254 g/mol. The standard InChI is InChI=1S/C13H22N2OS/c1-14-6-2-5-12-9-15-13(17-12)8-11-4-3-7-16-10-11/h9,11,14H,2-8,10H2,1H3. The van der Waals surface area contributed by atoms with Gasteiger partial charge in [0.15, 0.2) is 0 Å². The summed E-state index contributed by atoms with van der Waals surface area (Å²) in [7, 11) is 2.00. The van der Waals surface area contributed by atoms with Gasteiger partial charge in [0, 0.05) is 30.7 Å². The number of nitrogens with one attached hydrogen (secondary N) is 1. The second-order valence-electron chi connectivity index (χ2n) is 4.71. The average Bonchev–Trinajstić information content (AvgIpc) is 2.79. The van der Waals surface area contributed by atoms with Crippen LogP contribution in [0.15, 0.2) is 6.20 Å². The van der Waals surface area contributed by atoms with Gasteiger partial charge in [0.2, 0.25) is 0 Å². The summed E-state index contributed by atoms with van der Waals surface area (Å²) in [6, 6.07) is 0. The molecule has 0 amide bonds. The maximum Gasteiger partial charge on any atom is 0.0931 e. The number of thiazole rings is 1. The van der Waals surface area contributed by atoms with Crippen molar-refractivity contribution in [2.24, 2.45) is 5.92 Å². The van der Waals surface area contributed by atoms with Crippen LogP contribution in [0.4, 0.5) is 0 Å². The van der Waals surface area contributed by atoms with Gasteiger partial charge in [-0.3, -0.25) is 0 Å². The first-order valence-electron chi connectivity index (χ1n) is 6.54. The topological polar surface area (TPSA) is 34.2 Å². The first-order valence-corrected chi connectivity index (χ1v) is 7.36. The van der Waals surface area contributed by atoms with E-state index in [4.69, 9.17) is 4.74 Å². The number of aryl methyl sites for hydroxylation is 1. The molecule has 0 saturated carbocycles. The number of hydrogen-bond donors (Lipinski definition) is 1. The highest BCUT2D eigenvalue weighted by Crippen LogP contribution is 2.22. The molecule has 0 aliphatic carbocycles. The van der Waals surface area contributed by atoms with Crippen LogP contribution in [0.1, 0.15) is 29.1 Å². The third kappa shape index (κ3) is 4.37. The molecule has 4 heteroatoms. The third-order valence-corrected chi connectivity index (χ3v) is 4.25. The van der Waals surface area contributed by atoms with Crippen LogP contribution in [0.3, 0.4) is 0 Å². The molecule has 1 aromatic heterocycles. The lowest BCUT2D eigenvalue weighted by atomic mass is 9.99. The van der Waals surface area contributed by atoms with E-state index in [9.17, 15) is 0 Å². The normalized spacial score (nSPS) is 20.6. The molecule has 0 radical (unpaired) electrons. The molecule has 1 atom stereocenters. The number of rotatable bonds is 6. The second-order valence-corrected chi connectivity index (χ2v) is 5.91. The van der Waals surface area contributed by atoms with Gasteiger partial charge in [-0.1, -0.05) is 0 Å². The van der Waals surface area contributed by atoms with Gasteiger partial charge >= 0.3 is 0 Å². The lowest BCUT2D eigenvalue weighted by Crippen LogP contribution is -2.19. The molecule has 1 aromatic rings. The Morgan fingerprint density at radius 1 is 1.59 bits per heavy atom. The molecule has 0 spiro atoms. The van der Waals surface area contributed by atoms with Crippen molar-refractivity contribution in [3.05, 3.63) is 16.1 Å². The summed E-state index contributed by atoms with van der Waals surface area (Å²) >= 11 is 1.88. The van der Waals surface area contributed by atoms with Crippen LogP contribution in [0.5, 0.6) is 0 Å². The molecule has 96 valence electrons. The summed E-state index contributed by atoms with van der Waals surface area (Å²) in [6.07, 6.45) is 8.03. The summed E-state index contributed by atoms with van der Waals surface area (Å²) in [6.45, 7) is 2.96. The predicted octanol–water partition coefficient (Wildman–Crippen LogP) is 2.26. The number of nitrogens with zero attached hydrogens (tertiary/aromatic N) is 1. The van der Waals surface area contributed by atoms with Crippen LogP contribution < -0.4 is 5.32 Å². The summed E-state index contributed by atoms with van der Waals surface area (Å²) in [5, 5.41) is 4.47. The van der Waals surface area contributed by atoms with Crippen molar-refractivity contribution in [3.8, 4) is 0 Å². The smallest absolute Gasteiger partial charge is 0.0931 e. The van der Waals surface area contributed by atoms with Crippen molar-refractivity contribution >= 4 is 11.3 Å². The van der Waals surface area contributed by atoms with Gasteiger partial charge in [-0.2, -0.15) is 0 Å². The molecule has 1 aliphatic rings. The van der Waals surface area contributed by atoms with Gasteiger partial charge in [-0.25, -0.2) is 4.98 Å². The first-order chi connectivity index (χ1) is 8.38. The molecular formula is C13H22N2OS. The quantitative estimate of drug-likeness (QED) is 0.791. The van der Waals surface area contributed by atoms with E-state index in [1.807, 2.05) is 18.4 Å². The Morgan fingerprint density at radius 2 is 2.53 bits per heavy atom. The lowest BCUT2D eigenvalue weighted by molar-refractivity contribution is 0.0550.